The molecule has 25 heavy (non-hydrogen) atoms. The highest BCUT2D eigenvalue weighted by molar-refractivity contribution is 6.00. The lowest BCUT2D eigenvalue weighted by atomic mass is 9.79. The lowest BCUT2D eigenvalue weighted by Crippen LogP contribution is -2.41. The summed E-state index contributed by atoms with van der Waals surface area (Å²) in [5.41, 5.74) is 0.808. The fraction of sp³-hybridized carbons (Fsp3) is 0.316. The Morgan fingerprint density at radius 3 is 2.72 bits per heavy atom. The normalized spacial score (nSPS) is 19.7. The highest BCUT2D eigenvalue weighted by Crippen LogP contribution is 2.44. The van der Waals surface area contributed by atoms with Gasteiger partial charge in [-0.25, -0.2) is 0 Å². The minimum absolute atomic E-state index is 0.0344. The molecule has 0 aliphatic carbocycles. The van der Waals surface area contributed by atoms with E-state index >= 15 is 0 Å². The summed E-state index contributed by atoms with van der Waals surface area (Å²) in [5, 5.41) is 17.9. The number of aromatic hydroxyl groups is 1. The largest absolute Gasteiger partial charge is 0.508 e. The summed E-state index contributed by atoms with van der Waals surface area (Å²) in [6.45, 7) is 5.34. The first-order chi connectivity index (χ1) is 11.8. The number of rotatable bonds is 2. The number of hydrogen-bond donors (Lipinski definition) is 2. The van der Waals surface area contributed by atoms with Crippen molar-refractivity contribution in [1.82, 2.24) is 4.98 Å². The molecule has 0 fully saturated rings. The maximum absolute atomic E-state index is 12.8. The molecular formula is C19H20N2O4. The molecule has 0 saturated carbocycles. The Labute approximate surface area is 145 Å². The van der Waals surface area contributed by atoms with Gasteiger partial charge in [0.15, 0.2) is 0 Å². The van der Waals surface area contributed by atoms with Gasteiger partial charge in [0.2, 0.25) is 5.90 Å². The van der Waals surface area contributed by atoms with E-state index in [0.29, 0.717) is 11.3 Å². The summed E-state index contributed by atoms with van der Waals surface area (Å²) < 4.78 is 11.0. The monoisotopic (exact) mass is 340 g/mol. The molecule has 2 heterocycles. The van der Waals surface area contributed by atoms with E-state index in [0.717, 1.165) is 5.56 Å². The second-order valence-electron chi connectivity index (χ2n) is 6.96. The maximum atomic E-state index is 12.8. The van der Waals surface area contributed by atoms with E-state index in [4.69, 9.17) is 14.9 Å². The van der Waals surface area contributed by atoms with E-state index < -0.39 is 23.4 Å². The molecule has 2 unspecified atom stereocenters. The number of carbonyl (C=O) groups excluding carboxylic acids is 1. The minimum atomic E-state index is -0.916. The van der Waals surface area contributed by atoms with Crippen LogP contribution in [0.25, 0.3) is 0 Å². The van der Waals surface area contributed by atoms with Crippen molar-refractivity contribution >= 4 is 11.9 Å². The van der Waals surface area contributed by atoms with Gasteiger partial charge >= 0.3 is 5.97 Å². The molecule has 3 rings (SSSR count). The van der Waals surface area contributed by atoms with Gasteiger partial charge in [0.05, 0.1) is 0 Å². The number of nitrogens with zero attached hydrogens (tertiary/aromatic N) is 1. The first-order valence-electron chi connectivity index (χ1n) is 7.98. The SMILES string of the molecule is CC(C)(C)OC(=O)C1C(=N)Oc2cc(O)ccc2C1c1cccnc1. The van der Waals surface area contributed by atoms with E-state index in [1.165, 1.54) is 12.1 Å². The van der Waals surface area contributed by atoms with Crippen molar-refractivity contribution < 1.29 is 19.4 Å². The number of phenolic OH excluding ortho intramolecular Hbond substituents is 1. The molecule has 0 radical (unpaired) electrons. The van der Waals surface area contributed by atoms with Crippen molar-refractivity contribution in [2.45, 2.75) is 32.3 Å². The molecule has 2 N–H and O–H groups in total. The Balaban J connectivity index is 2.11. The summed E-state index contributed by atoms with van der Waals surface area (Å²) in [6.07, 6.45) is 3.31. The number of ether oxygens (including phenoxy) is 2. The van der Waals surface area contributed by atoms with Crippen LogP contribution in [-0.2, 0) is 9.53 Å². The number of phenols is 1. The number of hydrogen-bond acceptors (Lipinski definition) is 6. The second-order valence-corrected chi connectivity index (χ2v) is 6.96. The zero-order valence-corrected chi connectivity index (χ0v) is 14.3. The van der Waals surface area contributed by atoms with Crippen LogP contribution in [0.15, 0.2) is 42.7 Å². The topological polar surface area (TPSA) is 92.5 Å². The molecule has 0 spiro atoms. The van der Waals surface area contributed by atoms with Crippen LogP contribution in [0.5, 0.6) is 11.5 Å². The number of pyridine rings is 1. The predicted octanol–water partition coefficient (Wildman–Crippen LogP) is 3.25. The van der Waals surface area contributed by atoms with Crippen LogP contribution in [-0.4, -0.2) is 27.6 Å². The molecular weight excluding hydrogens is 320 g/mol. The number of benzene rings is 1. The number of fused-ring (bicyclic) bond motifs is 1. The Hall–Kier alpha value is -2.89. The second kappa shape index (κ2) is 6.20. The van der Waals surface area contributed by atoms with Gasteiger partial charge in [0, 0.05) is 29.9 Å². The summed E-state index contributed by atoms with van der Waals surface area (Å²) >= 11 is 0. The minimum Gasteiger partial charge on any atom is -0.508 e. The molecule has 1 aliphatic heterocycles. The number of aromatic nitrogens is 1. The smallest absolute Gasteiger partial charge is 0.319 e. The molecule has 0 bridgehead atoms. The molecule has 0 saturated heterocycles. The molecule has 1 aromatic heterocycles. The van der Waals surface area contributed by atoms with Gasteiger partial charge in [-0.05, 0) is 38.5 Å². The summed E-state index contributed by atoms with van der Waals surface area (Å²) in [5.74, 6) is -1.72. The zero-order valence-electron chi connectivity index (χ0n) is 14.3. The highest BCUT2D eigenvalue weighted by atomic mass is 16.6. The molecule has 2 aromatic rings. The van der Waals surface area contributed by atoms with E-state index in [1.54, 1.807) is 45.3 Å². The number of esters is 1. The van der Waals surface area contributed by atoms with Crippen LogP contribution in [0.1, 0.15) is 37.8 Å². The van der Waals surface area contributed by atoms with E-state index in [-0.39, 0.29) is 11.6 Å². The third kappa shape index (κ3) is 3.47. The third-order valence-corrected chi connectivity index (χ3v) is 3.87. The van der Waals surface area contributed by atoms with Crippen LogP contribution < -0.4 is 4.74 Å². The van der Waals surface area contributed by atoms with Crippen molar-refractivity contribution in [2.75, 3.05) is 0 Å². The standard InChI is InChI=1S/C19H20N2O4/c1-19(2,3)25-18(23)16-15(11-5-4-8-21-10-11)13-7-6-12(22)9-14(13)24-17(16)20/h4-10,15-16,20,22H,1-3H3. The average Bonchev–Trinajstić information content (AvgIpc) is 2.52. The van der Waals surface area contributed by atoms with E-state index in [9.17, 15) is 9.90 Å². The Morgan fingerprint density at radius 2 is 2.08 bits per heavy atom. The van der Waals surface area contributed by atoms with Gasteiger partial charge in [0.1, 0.15) is 23.0 Å². The summed E-state index contributed by atoms with van der Waals surface area (Å²) in [6, 6.07) is 8.31. The molecule has 2 atom stereocenters. The van der Waals surface area contributed by atoms with Crippen LogP contribution in [0.4, 0.5) is 0 Å². The molecule has 0 amide bonds. The highest BCUT2D eigenvalue weighted by Gasteiger charge is 2.43. The van der Waals surface area contributed by atoms with E-state index in [1.807, 2.05) is 6.07 Å². The maximum Gasteiger partial charge on any atom is 0.319 e. The van der Waals surface area contributed by atoms with Gasteiger partial charge in [-0.1, -0.05) is 12.1 Å². The number of carbonyl (C=O) groups is 1. The lowest BCUT2D eigenvalue weighted by molar-refractivity contribution is -0.158. The van der Waals surface area contributed by atoms with Gasteiger partial charge in [-0.3, -0.25) is 15.2 Å². The van der Waals surface area contributed by atoms with Crippen molar-refractivity contribution in [1.29, 1.82) is 5.41 Å². The zero-order chi connectivity index (χ0) is 18.2. The third-order valence-electron chi connectivity index (χ3n) is 3.87. The fourth-order valence-corrected chi connectivity index (χ4v) is 2.92. The first kappa shape index (κ1) is 17.0. The van der Waals surface area contributed by atoms with Crippen molar-refractivity contribution in [2.24, 2.45) is 5.92 Å². The van der Waals surface area contributed by atoms with Crippen LogP contribution in [0.2, 0.25) is 0 Å². The van der Waals surface area contributed by atoms with Gasteiger partial charge in [-0.2, -0.15) is 0 Å². The van der Waals surface area contributed by atoms with Crippen LogP contribution in [0, 0.1) is 11.3 Å². The fourth-order valence-electron chi connectivity index (χ4n) is 2.92. The van der Waals surface area contributed by atoms with E-state index in [2.05, 4.69) is 4.98 Å². The predicted molar refractivity (Wildman–Crippen MR) is 91.9 cm³/mol. The average molecular weight is 340 g/mol. The van der Waals surface area contributed by atoms with Gasteiger partial charge in [-0.15, -0.1) is 0 Å². The lowest BCUT2D eigenvalue weighted by Gasteiger charge is -2.34. The molecule has 1 aliphatic rings. The molecule has 6 heteroatoms. The van der Waals surface area contributed by atoms with Crippen molar-refractivity contribution in [3.63, 3.8) is 0 Å². The Bertz CT molecular complexity index is 812. The molecule has 130 valence electrons. The van der Waals surface area contributed by atoms with Gasteiger partial charge in [0.25, 0.3) is 0 Å². The molecule has 1 aromatic carbocycles. The Kier molecular flexibility index (Phi) is 4.20. The van der Waals surface area contributed by atoms with Crippen molar-refractivity contribution in [3.8, 4) is 11.5 Å². The van der Waals surface area contributed by atoms with Gasteiger partial charge < -0.3 is 14.6 Å². The summed E-state index contributed by atoms with van der Waals surface area (Å²) in [7, 11) is 0. The van der Waals surface area contributed by atoms with Crippen LogP contribution in [0.3, 0.4) is 0 Å². The van der Waals surface area contributed by atoms with Crippen molar-refractivity contribution in [3.05, 3.63) is 53.9 Å². The summed E-state index contributed by atoms with van der Waals surface area (Å²) in [4.78, 5) is 16.9. The van der Waals surface area contributed by atoms with Crippen LogP contribution >= 0.6 is 0 Å². The first-order valence-corrected chi connectivity index (χ1v) is 7.98. The quantitative estimate of drug-likeness (QED) is 0.819. The number of nitrogens with one attached hydrogen (secondary N) is 1. The molecule has 6 nitrogen and oxygen atoms in total. The Morgan fingerprint density at radius 1 is 1.32 bits per heavy atom.